The fourth-order valence-corrected chi connectivity index (χ4v) is 1.14. The van der Waals surface area contributed by atoms with E-state index in [0.29, 0.717) is 5.56 Å². The van der Waals surface area contributed by atoms with E-state index in [1.807, 2.05) is 6.07 Å². The van der Waals surface area contributed by atoms with Gasteiger partial charge in [-0.25, -0.2) is 0 Å². The summed E-state index contributed by atoms with van der Waals surface area (Å²) >= 11 is 0. The molecule has 1 amide bonds. The molecule has 0 saturated heterocycles. The lowest BCUT2D eigenvalue weighted by Gasteiger charge is -2.26. The van der Waals surface area contributed by atoms with E-state index in [0.717, 1.165) is 10.5 Å². The third-order valence-corrected chi connectivity index (χ3v) is 1.83. The molecule has 16 heavy (non-hydrogen) atoms. The Labute approximate surface area is 93.7 Å². The Kier molecular flexibility index (Phi) is 4.87. The third kappa shape index (κ3) is 2.77. The molecule has 0 N–H and O–H groups in total. The lowest BCUT2D eigenvalue weighted by molar-refractivity contribution is -0.491. The van der Waals surface area contributed by atoms with Gasteiger partial charge in [-0.3, -0.25) is 19.3 Å². The quantitative estimate of drug-likeness (QED) is 0.702. The molecule has 6 nitrogen and oxygen atoms in total. The second-order valence-electron chi connectivity index (χ2n) is 2.73. The number of hydrazine groups is 1. The lowest BCUT2D eigenvalue weighted by Crippen LogP contribution is -2.44. The number of carbonyl (C=O) groups is 1. The summed E-state index contributed by atoms with van der Waals surface area (Å²) in [7, 11) is 4.05. The average Bonchev–Trinajstić information content (AvgIpc) is 2.36. The summed E-state index contributed by atoms with van der Waals surface area (Å²) in [5.41, 5.74) is 0.462. The van der Waals surface area contributed by atoms with E-state index in [-0.39, 0.29) is 0 Å². The summed E-state index contributed by atoms with van der Waals surface area (Å²) in [6.07, 6.45) is 0. The molecule has 0 aliphatic heterocycles. The Morgan fingerprint density at radius 3 is 2.00 bits per heavy atom. The first-order valence-electron chi connectivity index (χ1n) is 4.56. The fourth-order valence-electron chi connectivity index (χ4n) is 1.14. The van der Waals surface area contributed by atoms with Crippen LogP contribution in [0.2, 0.25) is 0 Å². The van der Waals surface area contributed by atoms with Crippen molar-refractivity contribution in [2.45, 2.75) is 0 Å². The highest BCUT2D eigenvalue weighted by atomic mass is 17.0. The van der Waals surface area contributed by atoms with Gasteiger partial charge in [0.1, 0.15) is 0 Å². The molecule has 0 aliphatic rings. The number of hydrogen-bond donors (Lipinski definition) is 0. The smallest absolute Gasteiger partial charge is 0.265 e. The van der Waals surface area contributed by atoms with Gasteiger partial charge in [-0.15, -0.1) is 0 Å². The van der Waals surface area contributed by atoms with Crippen molar-refractivity contribution in [1.29, 1.82) is 0 Å². The Morgan fingerprint density at radius 2 is 1.56 bits per heavy atom. The monoisotopic (exact) mass is 226 g/mol. The molecule has 1 aromatic rings. The van der Waals surface area contributed by atoms with E-state index in [1.165, 1.54) is 21.3 Å². The first-order chi connectivity index (χ1) is 7.74. The van der Waals surface area contributed by atoms with Crippen LogP contribution in [0.15, 0.2) is 30.3 Å². The molecular weight excluding hydrogens is 212 g/mol. The first-order valence-corrected chi connectivity index (χ1v) is 4.56. The number of rotatable bonds is 5. The zero-order valence-corrected chi connectivity index (χ0v) is 9.41. The molecule has 0 unspecified atom stereocenters. The molecule has 0 heterocycles. The lowest BCUT2D eigenvalue weighted by atomic mass is 10.2. The van der Waals surface area contributed by atoms with Gasteiger partial charge in [0.25, 0.3) is 5.91 Å². The molecule has 6 heteroatoms. The highest BCUT2D eigenvalue weighted by Gasteiger charge is 2.23. The maximum absolute atomic E-state index is 11.9. The summed E-state index contributed by atoms with van der Waals surface area (Å²) in [6, 6.07) is 8.66. The zero-order chi connectivity index (χ0) is 12.0. The molecule has 1 rings (SSSR count). The van der Waals surface area contributed by atoms with Gasteiger partial charge in [0.15, 0.2) is 0 Å². The van der Waals surface area contributed by atoms with Crippen molar-refractivity contribution < 1.29 is 19.3 Å². The highest BCUT2D eigenvalue weighted by Crippen LogP contribution is 2.08. The maximum Gasteiger partial charge on any atom is 0.296 e. The fraction of sp³-hybridized carbons (Fsp3) is 0.300. The van der Waals surface area contributed by atoms with Gasteiger partial charge in [-0.05, 0) is 12.1 Å². The van der Waals surface area contributed by atoms with Gasteiger partial charge in [0, 0.05) is 5.56 Å². The van der Waals surface area contributed by atoms with Gasteiger partial charge >= 0.3 is 0 Å². The van der Waals surface area contributed by atoms with Crippen LogP contribution in [0, 0.1) is 0 Å². The van der Waals surface area contributed by atoms with Crippen molar-refractivity contribution in [3.63, 3.8) is 0 Å². The standard InChI is InChI=1S/C10H14N2O4/c1-14-11(12(15-2)16-3)10(13)9-7-5-4-6-8-9/h4-8H,1-3H3. The normalized spacial score (nSPS) is 10.5. The topological polar surface area (TPSA) is 51.2 Å². The van der Waals surface area contributed by atoms with E-state index >= 15 is 0 Å². The number of hydroxylamine groups is 1. The van der Waals surface area contributed by atoms with Crippen LogP contribution >= 0.6 is 0 Å². The molecule has 0 aromatic heterocycles. The van der Waals surface area contributed by atoms with Crippen LogP contribution in [0.4, 0.5) is 0 Å². The molecule has 0 spiro atoms. The largest absolute Gasteiger partial charge is 0.296 e. The van der Waals surface area contributed by atoms with Gasteiger partial charge in [0.05, 0.1) is 26.7 Å². The highest BCUT2D eigenvalue weighted by molar-refractivity contribution is 5.93. The average molecular weight is 226 g/mol. The molecule has 88 valence electrons. The minimum atomic E-state index is -0.396. The predicted octanol–water partition coefficient (Wildman–Crippen LogP) is 1.03. The van der Waals surface area contributed by atoms with E-state index in [2.05, 4.69) is 0 Å². The minimum Gasteiger partial charge on any atom is -0.265 e. The van der Waals surface area contributed by atoms with Crippen molar-refractivity contribution in [3.05, 3.63) is 35.9 Å². The summed E-state index contributed by atoms with van der Waals surface area (Å²) in [6.45, 7) is 0. The van der Waals surface area contributed by atoms with Crippen molar-refractivity contribution in [2.75, 3.05) is 21.3 Å². The van der Waals surface area contributed by atoms with E-state index in [1.54, 1.807) is 24.3 Å². The van der Waals surface area contributed by atoms with Crippen LogP contribution in [0.5, 0.6) is 0 Å². The third-order valence-electron chi connectivity index (χ3n) is 1.83. The molecule has 0 radical (unpaired) electrons. The number of hydrogen-bond acceptors (Lipinski definition) is 5. The summed E-state index contributed by atoms with van der Waals surface area (Å²) < 4.78 is 0. The van der Waals surface area contributed by atoms with Crippen LogP contribution in [0.3, 0.4) is 0 Å². The Balaban J connectivity index is 2.85. The van der Waals surface area contributed by atoms with Gasteiger partial charge in [0.2, 0.25) is 0 Å². The molecule has 0 saturated carbocycles. The van der Waals surface area contributed by atoms with Gasteiger partial charge in [-0.2, -0.15) is 0 Å². The van der Waals surface area contributed by atoms with E-state index in [9.17, 15) is 4.79 Å². The van der Waals surface area contributed by atoms with Crippen LogP contribution in [0.1, 0.15) is 10.4 Å². The predicted molar refractivity (Wildman–Crippen MR) is 55.5 cm³/mol. The van der Waals surface area contributed by atoms with Crippen LogP contribution < -0.4 is 0 Å². The number of nitrogens with zero attached hydrogens (tertiary/aromatic N) is 2. The second kappa shape index (κ2) is 6.19. The summed E-state index contributed by atoms with van der Waals surface area (Å²) in [5, 5.41) is 1.69. The van der Waals surface area contributed by atoms with E-state index < -0.39 is 5.91 Å². The van der Waals surface area contributed by atoms with Crippen molar-refractivity contribution in [2.24, 2.45) is 0 Å². The van der Waals surface area contributed by atoms with Gasteiger partial charge in [-0.1, -0.05) is 23.4 Å². The van der Waals surface area contributed by atoms with Crippen molar-refractivity contribution in [3.8, 4) is 0 Å². The molecular formula is C10H14N2O4. The van der Waals surface area contributed by atoms with Crippen LogP contribution in [-0.2, 0) is 14.5 Å². The van der Waals surface area contributed by atoms with Crippen molar-refractivity contribution >= 4 is 5.91 Å². The maximum atomic E-state index is 11.9. The molecule has 0 bridgehead atoms. The first kappa shape index (κ1) is 12.6. The SMILES string of the molecule is CON(OC)N(OC)C(=O)c1ccccc1. The Morgan fingerprint density at radius 1 is 1.00 bits per heavy atom. The zero-order valence-electron chi connectivity index (χ0n) is 9.41. The number of carbonyl (C=O) groups excluding carboxylic acids is 1. The van der Waals surface area contributed by atoms with E-state index in [4.69, 9.17) is 14.5 Å². The Bertz CT molecular complexity index is 327. The molecule has 0 atom stereocenters. The molecule has 1 aromatic carbocycles. The van der Waals surface area contributed by atoms with Crippen molar-refractivity contribution in [1.82, 2.24) is 10.5 Å². The van der Waals surface area contributed by atoms with Crippen LogP contribution in [-0.4, -0.2) is 37.7 Å². The number of amides is 1. The van der Waals surface area contributed by atoms with Crippen LogP contribution in [0.25, 0.3) is 0 Å². The summed E-state index contributed by atoms with van der Waals surface area (Å²) in [4.78, 5) is 26.4. The second-order valence-corrected chi connectivity index (χ2v) is 2.73. The van der Waals surface area contributed by atoms with Gasteiger partial charge < -0.3 is 0 Å². The molecule has 0 fully saturated rings. The Hall–Kier alpha value is -1.47. The summed E-state index contributed by atoms with van der Waals surface area (Å²) in [5.74, 6) is -0.396. The minimum absolute atomic E-state index is 0.396. The molecule has 0 aliphatic carbocycles. The number of benzene rings is 1.